The Bertz CT molecular complexity index is 994. The van der Waals surface area contributed by atoms with Gasteiger partial charge in [-0.1, -0.05) is 53.0 Å². The van der Waals surface area contributed by atoms with Gasteiger partial charge in [-0.25, -0.2) is 4.79 Å². The molecule has 28 heavy (non-hydrogen) atoms. The summed E-state index contributed by atoms with van der Waals surface area (Å²) >= 11 is 18.6. The van der Waals surface area contributed by atoms with Gasteiger partial charge >= 0.3 is 5.97 Å². The Morgan fingerprint density at radius 1 is 0.929 bits per heavy atom. The van der Waals surface area contributed by atoms with Crippen LogP contribution in [0.5, 0.6) is 11.5 Å². The average molecular weight is 438 g/mol. The molecule has 0 amide bonds. The van der Waals surface area contributed by atoms with E-state index >= 15 is 0 Å². The van der Waals surface area contributed by atoms with E-state index in [4.69, 9.17) is 44.6 Å². The molecule has 3 aromatic rings. The number of benzene rings is 3. The third kappa shape index (κ3) is 4.90. The summed E-state index contributed by atoms with van der Waals surface area (Å²) in [5, 5.41) is 20.3. The van der Waals surface area contributed by atoms with Crippen LogP contribution in [0.1, 0.15) is 11.1 Å². The number of hydrogen-bond acceptors (Lipinski definition) is 3. The highest BCUT2D eigenvalue weighted by Gasteiger charge is 2.13. The number of hydrogen-bond donors (Lipinski definition) is 2. The van der Waals surface area contributed by atoms with Crippen molar-refractivity contribution in [3.63, 3.8) is 0 Å². The molecule has 0 radical (unpaired) electrons. The summed E-state index contributed by atoms with van der Waals surface area (Å²) in [6, 6.07) is 15.5. The highest BCUT2D eigenvalue weighted by molar-refractivity contribution is 6.36. The van der Waals surface area contributed by atoms with Crippen LogP contribution in [0.2, 0.25) is 15.1 Å². The van der Waals surface area contributed by atoms with E-state index in [1.165, 1.54) is 12.1 Å². The Balaban J connectivity index is 1.88. The molecule has 0 saturated carbocycles. The summed E-state index contributed by atoms with van der Waals surface area (Å²) in [6.07, 6.45) is 0.428. The van der Waals surface area contributed by atoms with Crippen molar-refractivity contribution < 1.29 is 19.7 Å². The number of phenols is 1. The van der Waals surface area contributed by atoms with E-state index in [1.54, 1.807) is 24.3 Å². The predicted molar refractivity (Wildman–Crippen MR) is 111 cm³/mol. The molecule has 0 aliphatic rings. The van der Waals surface area contributed by atoms with E-state index in [2.05, 4.69) is 0 Å². The first-order valence-corrected chi connectivity index (χ1v) is 9.37. The molecule has 0 fully saturated rings. The van der Waals surface area contributed by atoms with E-state index < -0.39 is 12.6 Å². The number of aliphatic carboxylic acids is 1. The fourth-order valence-corrected chi connectivity index (χ4v) is 3.46. The van der Waals surface area contributed by atoms with E-state index in [1.807, 2.05) is 18.2 Å². The van der Waals surface area contributed by atoms with Crippen LogP contribution in [0.4, 0.5) is 0 Å². The van der Waals surface area contributed by atoms with Gasteiger partial charge in [-0.2, -0.15) is 0 Å². The van der Waals surface area contributed by atoms with E-state index in [9.17, 15) is 9.90 Å². The molecule has 0 aliphatic carbocycles. The second-order valence-electron chi connectivity index (χ2n) is 6.08. The summed E-state index contributed by atoms with van der Waals surface area (Å²) in [5.74, 6) is -0.649. The van der Waals surface area contributed by atoms with Gasteiger partial charge in [-0.15, -0.1) is 0 Å². The van der Waals surface area contributed by atoms with Crippen molar-refractivity contribution in [2.45, 2.75) is 6.42 Å². The molecule has 2 N–H and O–H groups in total. The molecule has 0 unspecified atom stereocenters. The van der Waals surface area contributed by atoms with Crippen LogP contribution in [-0.4, -0.2) is 22.8 Å². The number of carboxylic acids is 1. The van der Waals surface area contributed by atoms with Crippen LogP contribution >= 0.6 is 34.8 Å². The van der Waals surface area contributed by atoms with Gasteiger partial charge in [0.1, 0.15) is 11.5 Å². The number of aromatic hydroxyl groups is 1. The fraction of sp³-hybridized carbons (Fsp3) is 0.0952. The van der Waals surface area contributed by atoms with Crippen LogP contribution in [0, 0.1) is 0 Å². The van der Waals surface area contributed by atoms with Gasteiger partial charge < -0.3 is 14.9 Å². The summed E-state index contributed by atoms with van der Waals surface area (Å²) in [4.78, 5) is 10.6. The Morgan fingerprint density at radius 3 is 2.18 bits per heavy atom. The molecule has 4 nitrogen and oxygen atoms in total. The second kappa shape index (κ2) is 8.74. The number of phenolic OH excluding ortho intramolecular Hbond substituents is 1. The molecule has 0 bridgehead atoms. The molecule has 144 valence electrons. The molecule has 3 rings (SSSR count). The van der Waals surface area contributed by atoms with Crippen molar-refractivity contribution in [1.82, 2.24) is 0 Å². The van der Waals surface area contributed by atoms with Crippen molar-refractivity contribution >= 4 is 40.8 Å². The van der Waals surface area contributed by atoms with Gasteiger partial charge in [0.25, 0.3) is 0 Å². The molecule has 0 saturated heterocycles. The quantitative estimate of drug-likeness (QED) is 0.491. The standard InChI is InChI=1S/C21H15Cl3O4/c22-14-4-2-13(3-5-14)16-7-12(1-6-20(16)25)8-17-18(23)9-15(10-19(17)24)28-11-21(26)27/h1-7,9-10,25H,8,11H2,(H,26,27). The van der Waals surface area contributed by atoms with Crippen molar-refractivity contribution in [1.29, 1.82) is 0 Å². The zero-order chi connectivity index (χ0) is 20.3. The minimum atomic E-state index is -1.09. The normalized spacial score (nSPS) is 10.7. The van der Waals surface area contributed by atoms with Gasteiger partial charge in [0, 0.05) is 27.1 Å². The van der Waals surface area contributed by atoms with Gasteiger partial charge in [0.15, 0.2) is 6.61 Å². The summed E-state index contributed by atoms with van der Waals surface area (Å²) in [5.41, 5.74) is 3.07. The molecule has 0 spiro atoms. The van der Waals surface area contributed by atoms with E-state index in [0.29, 0.717) is 32.6 Å². The Hall–Kier alpha value is -2.40. The average Bonchev–Trinajstić information content (AvgIpc) is 2.65. The molecule has 0 heterocycles. The van der Waals surface area contributed by atoms with Crippen LogP contribution in [0.15, 0.2) is 54.6 Å². The first-order valence-electron chi connectivity index (χ1n) is 8.24. The molecule has 3 aromatic carbocycles. The number of carbonyl (C=O) groups is 1. The first kappa shape index (κ1) is 20.3. The Kier molecular flexibility index (Phi) is 6.35. The first-order chi connectivity index (χ1) is 13.3. The lowest BCUT2D eigenvalue weighted by Gasteiger charge is -2.12. The monoisotopic (exact) mass is 436 g/mol. The molecule has 0 aliphatic heterocycles. The molecule has 7 heteroatoms. The lowest BCUT2D eigenvalue weighted by molar-refractivity contribution is -0.139. The van der Waals surface area contributed by atoms with Crippen LogP contribution < -0.4 is 4.74 Å². The van der Waals surface area contributed by atoms with Crippen molar-refractivity contribution in [3.05, 3.63) is 80.8 Å². The lowest BCUT2D eigenvalue weighted by Crippen LogP contribution is -2.09. The zero-order valence-corrected chi connectivity index (χ0v) is 16.7. The largest absolute Gasteiger partial charge is 0.507 e. The molecular weight excluding hydrogens is 423 g/mol. The maximum absolute atomic E-state index is 10.6. The second-order valence-corrected chi connectivity index (χ2v) is 7.33. The number of carboxylic acid groups (broad SMARTS) is 1. The fourth-order valence-electron chi connectivity index (χ4n) is 2.73. The van der Waals surface area contributed by atoms with E-state index in [-0.39, 0.29) is 11.5 Å². The summed E-state index contributed by atoms with van der Waals surface area (Å²) in [6.45, 7) is -0.478. The maximum Gasteiger partial charge on any atom is 0.341 e. The lowest BCUT2D eigenvalue weighted by atomic mass is 9.98. The highest BCUT2D eigenvalue weighted by Crippen LogP contribution is 2.35. The predicted octanol–water partition coefficient (Wildman–Crippen LogP) is 6.07. The third-order valence-electron chi connectivity index (χ3n) is 4.07. The van der Waals surface area contributed by atoms with Crippen LogP contribution in [0.25, 0.3) is 11.1 Å². The van der Waals surface area contributed by atoms with Crippen LogP contribution in [0.3, 0.4) is 0 Å². The SMILES string of the molecule is O=C(O)COc1cc(Cl)c(Cc2ccc(O)c(-c3ccc(Cl)cc3)c2)c(Cl)c1. The van der Waals surface area contributed by atoms with Gasteiger partial charge in [-0.3, -0.25) is 0 Å². The topological polar surface area (TPSA) is 66.8 Å². The summed E-state index contributed by atoms with van der Waals surface area (Å²) in [7, 11) is 0. The third-order valence-corrected chi connectivity index (χ3v) is 5.00. The van der Waals surface area contributed by atoms with Gasteiger partial charge in [-0.05, 0) is 53.1 Å². The number of ether oxygens (including phenoxy) is 1. The molecule has 0 atom stereocenters. The van der Waals surface area contributed by atoms with E-state index in [0.717, 1.165) is 11.1 Å². The molecular formula is C21H15Cl3O4. The Labute approximate surface area is 176 Å². The molecule has 0 aromatic heterocycles. The van der Waals surface area contributed by atoms with Gasteiger partial charge in [0.05, 0.1) is 0 Å². The van der Waals surface area contributed by atoms with Crippen molar-refractivity contribution in [2.75, 3.05) is 6.61 Å². The maximum atomic E-state index is 10.6. The number of halogens is 3. The smallest absolute Gasteiger partial charge is 0.341 e. The number of rotatable bonds is 6. The minimum absolute atomic E-state index is 0.153. The van der Waals surface area contributed by atoms with Crippen molar-refractivity contribution in [3.8, 4) is 22.6 Å². The van der Waals surface area contributed by atoms with Gasteiger partial charge in [0.2, 0.25) is 0 Å². The zero-order valence-electron chi connectivity index (χ0n) is 14.5. The minimum Gasteiger partial charge on any atom is -0.507 e. The van der Waals surface area contributed by atoms with Crippen molar-refractivity contribution in [2.24, 2.45) is 0 Å². The Morgan fingerprint density at radius 2 is 1.57 bits per heavy atom. The highest BCUT2D eigenvalue weighted by atomic mass is 35.5. The summed E-state index contributed by atoms with van der Waals surface area (Å²) < 4.78 is 5.12. The van der Waals surface area contributed by atoms with Crippen LogP contribution in [-0.2, 0) is 11.2 Å².